The molecule has 0 aliphatic rings. The number of nitro benzene ring substituents is 1. The minimum absolute atomic E-state index is 0.0949. The number of rotatable bonds is 6. The van der Waals surface area contributed by atoms with Crippen molar-refractivity contribution in [3.63, 3.8) is 0 Å². The molecule has 0 bridgehead atoms. The fraction of sp³-hybridized carbons (Fsp3) is 0.364. The SMILES string of the molecule is COCC(Br)CNC(=O)c1ccc([N+](=O)[O-])cc1F. The topological polar surface area (TPSA) is 81.5 Å². The Labute approximate surface area is 117 Å². The fourth-order valence-electron chi connectivity index (χ4n) is 1.34. The zero-order valence-electron chi connectivity index (χ0n) is 10.1. The monoisotopic (exact) mass is 334 g/mol. The average molecular weight is 335 g/mol. The summed E-state index contributed by atoms with van der Waals surface area (Å²) in [5.41, 5.74) is -0.630. The van der Waals surface area contributed by atoms with Crippen LogP contribution in [0.5, 0.6) is 0 Å². The number of non-ortho nitro benzene ring substituents is 1. The van der Waals surface area contributed by atoms with Gasteiger partial charge in [0.25, 0.3) is 11.6 Å². The molecule has 1 rings (SSSR count). The molecule has 1 amide bonds. The van der Waals surface area contributed by atoms with Crippen molar-refractivity contribution in [1.29, 1.82) is 0 Å². The number of amides is 1. The summed E-state index contributed by atoms with van der Waals surface area (Å²) >= 11 is 3.27. The van der Waals surface area contributed by atoms with Gasteiger partial charge in [-0.15, -0.1) is 0 Å². The minimum atomic E-state index is -0.926. The van der Waals surface area contributed by atoms with E-state index in [4.69, 9.17) is 4.74 Å². The van der Waals surface area contributed by atoms with Gasteiger partial charge in [0.05, 0.1) is 28.0 Å². The van der Waals surface area contributed by atoms with Crippen molar-refractivity contribution in [2.24, 2.45) is 0 Å². The number of hydrogen-bond acceptors (Lipinski definition) is 4. The molecule has 0 aliphatic carbocycles. The summed E-state index contributed by atoms with van der Waals surface area (Å²) in [6, 6.07) is 2.89. The van der Waals surface area contributed by atoms with Crippen molar-refractivity contribution in [2.45, 2.75) is 4.83 Å². The van der Waals surface area contributed by atoms with Crippen LogP contribution < -0.4 is 5.32 Å². The maximum atomic E-state index is 13.5. The normalized spacial score (nSPS) is 11.9. The second kappa shape index (κ2) is 7.15. The third kappa shape index (κ3) is 4.56. The number of nitrogens with zero attached hydrogens (tertiary/aromatic N) is 1. The first-order valence-corrected chi connectivity index (χ1v) is 6.22. The van der Waals surface area contributed by atoms with Gasteiger partial charge in [-0.2, -0.15) is 0 Å². The Morgan fingerprint density at radius 1 is 1.63 bits per heavy atom. The van der Waals surface area contributed by atoms with E-state index in [2.05, 4.69) is 21.2 Å². The summed E-state index contributed by atoms with van der Waals surface area (Å²) in [6.07, 6.45) is 0. The third-order valence-corrected chi connectivity index (χ3v) is 2.83. The Bertz CT molecular complexity index is 484. The van der Waals surface area contributed by atoms with Gasteiger partial charge in [-0.1, -0.05) is 15.9 Å². The summed E-state index contributed by atoms with van der Waals surface area (Å²) < 4.78 is 18.4. The predicted octanol–water partition coefficient (Wildman–Crippen LogP) is 1.87. The van der Waals surface area contributed by atoms with E-state index < -0.39 is 22.3 Å². The molecule has 1 unspecified atom stereocenters. The highest BCUT2D eigenvalue weighted by Crippen LogP contribution is 2.16. The molecule has 1 aromatic carbocycles. The van der Waals surface area contributed by atoms with Crippen LogP contribution in [0.25, 0.3) is 0 Å². The standard InChI is InChI=1S/C11H12BrFN2O4/c1-19-6-7(12)5-14-11(16)9-3-2-8(15(17)18)4-10(9)13/h2-4,7H,5-6H2,1H3,(H,14,16). The molecule has 104 valence electrons. The van der Waals surface area contributed by atoms with E-state index in [1.54, 1.807) is 0 Å². The van der Waals surface area contributed by atoms with E-state index in [-0.39, 0.29) is 16.9 Å². The number of nitro groups is 1. The van der Waals surface area contributed by atoms with Crippen molar-refractivity contribution in [3.05, 3.63) is 39.7 Å². The quantitative estimate of drug-likeness (QED) is 0.489. The molecule has 0 aliphatic heterocycles. The summed E-state index contributed by atoms with van der Waals surface area (Å²) in [6.45, 7) is 0.645. The highest BCUT2D eigenvalue weighted by atomic mass is 79.9. The first kappa shape index (κ1) is 15.5. The van der Waals surface area contributed by atoms with Crippen LogP contribution in [0.15, 0.2) is 18.2 Å². The third-order valence-electron chi connectivity index (χ3n) is 2.24. The first-order valence-electron chi connectivity index (χ1n) is 5.31. The number of hydrogen-bond donors (Lipinski definition) is 1. The van der Waals surface area contributed by atoms with Crippen molar-refractivity contribution in [2.75, 3.05) is 20.3 Å². The first-order chi connectivity index (χ1) is 8.95. The van der Waals surface area contributed by atoms with Crippen molar-refractivity contribution in [1.82, 2.24) is 5.32 Å². The molecule has 19 heavy (non-hydrogen) atoms. The van der Waals surface area contributed by atoms with Crippen LogP contribution in [0, 0.1) is 15.9 Å². The van der Waals surface area contributed by atoms with Crippen LogP contribution in [0.4, 0.5) is 10.1 Å². The van der Waals surface area contributed by atoms with E-state index in [1.807, 2.05) is 0 Å². The number of methoxy groups -OCH3 is 1. The molecule has 0 saturated heterocycles. The van der Waals surface area contributed by atoms with E-state index in [1.165, 1.54) is 7.11 Å². The molecular weight excluding hydrogens is 323 g/mol. The molecule has 0 fully saturated rings. The molecule has 1 N–H and O–H groups in total. The molecule has 1 aromatic rings. The number of carbonyl (C=O) groups is 1. The highest BCUT2D eigenvalue weighted by Gasteiger charge is 2.16. The summed E-state index contributed by atoms with van der Waals surface area (Å²) in [5.74, 6) is -1.56. The maximum absolute atomic E-state index is 13.5. The van der Waals surface area contributed by atoms with Gasteiger partial charge in [0, 0.05) is 19.7 Å². The van der Waals surface area contributed by atoms with Gasteiger partial charge in [-0.3, -0.25) is 14.9 Å². The molecule has 0 heterocycles. The number of nitrogens with one attached hydrogen (secondary N) is 1. The predicted molar refractivity (Wildman–Crippen MR) is 70.0 cm³/mol. The van der Waals surface area contributed by atoms with Gasteiger partial charge in [0.2, 0.25) is 0 Å². The van der Waals surface area contributed by atoms with Crippen LogP contribution >= 0.6 is 15.9 Å². The van der Waals surface area contributed by atoms with Gasteiger partial charge in [0.15, 0.2) is 0 Å². The van der Waals surface area contributed by atoms with Gasteiger partial charge in [0.1, 0.15) is 5.82 Å². The van der Waals surface area contributed by atoms with Crippen molar-refractivity contribution in [3.8, 4) is 0 Å². The Morgan fingerprint density at radius 2 is 2.32 bits per heavy atom. The van der Waals surface area contributed by atoms with Crippen LogP contribution in [-0.2, 0) is 4.74 Å². The Balaban J connectivity index is 2.70. The molecule has 0 saturated carbocycles. The van der Waals surface area contributed by atoms with Gasteiger partial charge >= 0.3 is 0 Å². The number of ether oxygens (including phenoxy) is 1. The van der Waals surface area contributed by atoms with E-state index >= 15 is 0 Å². The lowest BCUT2D eigenvalue weighted by Gasteiger charge is -2.10. The molecule has 0 radical (unpaired) electrons. The van der Waals surface area contributed by atoms with Crippen molar-refractivity contribution < 1.29 is 18.8 Å². The lowest BCUT2D eigenvalue weighted by molar-refractivity contribution is -0.385. The number of benzene rings is 1. The summed E-state index contributed by atoms with van der Waals surface area (Å²) in [5, 5.41) is 12.9. The lowest BCUT2D eigenvalue weighted by Crippen LogP contribution is -2.31. The largest absolute Gasteiger partial charge is 0.383 e. The Hall–Kier alpha value is -1.54. The Morgan fingerprint density at radius 3 is 2.84 bits per heavy atom. The van der Waals surface area contributed by atoms with Gasteiger partial charge in [-0.25, -0.2) is 4.39 Å². The molecule has 0 aromatic heterocycles. The highest BCUT2D eigenvalue weighted by molar-refractivity contribution is 9.09. The van der Waals surface area contributed by atoms with E-state index in [0.717, 1.165) is 18.2 Å². The Kier molecular flexibility index (Phi) is 5.84. The number of halogens is 2. The molecular formula is C11H12BrFN2O4. The van der Waals surface area contributed by atoms with Gasteiger partial charge in [-0.05, 0) is 6.07 Å². The van der Waals surface area contributed by atoms with Crippen LogP contribution in [0.2, 0.25) is 0 Å². The van der Waals surface area contributed by atoms with E-state index in [9.17, 15) is 19.3 Å². The molecule has 8 heteroatoms. The maximum Gasteiger partial charge on any atom is 0.272 e. The summed E-state index contributed by atoms with van der Waals surface area (Å²) in [4.78, 5) is 21.3. The van der Waals surface area contributed by atoms with Crippen LogP contribution in [0.3, 0.4) is 0 Å². The molecule has 1 atom stereocenters. The molecule has 6 nitrogen and oxygen atoms in total. The second-order valence-electron chi connectivity index (χ2n) is 3.68. The smallest absolute Gasteiger partial charge is 0.272 e. The molecule has 0 spiro atoms. The number of alkyl halides is 1. The minimum Gasteiger partial charge on any atom is -0.383 e. The van der Waals surface area contributed by atoms with Crippen LogP contribution in [0.1, 0.15) is 10.4 Å². The number of carbonyl (C=O) groups excluding carboxylic acids is 1. The van der Waals surface area contributed by atoms with Crippen molar-refractivity contribution >= 4 is 27.5 Å². The average Bonchev–Trinajstić information content (AvgIpc) is 2.36. The zero-order valence-corrected chi connectivity index (χ0v) is 11.6. The second-order valence-corrected chi connectivity index (χ2v) is 4.98. The van der Waals surface area contributed by atoms with Crippen LogP contribution in [-0.4, -0.2) is 35.9 Å². The fourth-order valence-corrected chi connectivity index (χ4v) is 1.77. The van der Waals surface area contributed by atoms with Gasteiger partial charge < -0.3 is 10.1 Å². The zero-order chi connectivity index (χ0) is 14.4. The van der Waals surface area contributed by atoms with E-state index in [0.29, 0.717) is 6.61 Å². The lowest BCUT2D eigenvalue weighted by atomic mass is 10.2. The summed E-state index contributed by atoms with van der Waals surface area (Å²) in [7, 11) is 1.52.